The molecule has 0 aliphatic heterocycles. The summed E-state index contributed by atoms with van der Waals surface area (Å²) in [6.45, 7) is 7.98. The number of fused-ring (bicyclic) bond motifs is 2. The number of hydrogen-bond donors (Lipinski definition) is 0. The molecule has 2 heteroatoms. The second-order valence-corrected chi connectivity index (χ2v) is 10.6. The van der Waals surface area contributed by atoms with Gasteiger partial charge < -0.3 is 9.47 Å². The van der Waals surface area contributed by atoms with Gasteiger partial charge in [-0.3, -0.25) is 0 Å². The fourth-order valence-electron chi connectivity index (χ4n) is 5.86. The first-order valence-corrected chi connectivity index (χ1v) is 15.0. The molecule has 0 heterocycles. The predicted molar refractivity (Wildman–Crippen MR) is 163 cm³/mol. The van der Waals surface area contributed by atoms with Crippen molar-refractivity contribution >= 4 is 21.5 Å². The highest BCUT2D eigenvalue weighted by atomic mass is 16.7. The third-order valence-electron chi connectivity index (χ3n) is 7.71. The molecule has 202 valence electrons. The van der Waals surface area contributed by atoms with E-state index in [9.17, 15) is 0 Å². The summed E-state index contributed by atoms with van der Waals surface area (Å²) in [4.78, 5) is 0. The summed E-state index contributed by atoms with van der Waals surface area (Å²) in [5.74, 6) is -0.788. The Kier molecular flexibility index (Phi) is 10.8. The fraction of sp³-hybridized carbons (Fsp3) is 0.444. The van der Waals surface area contributed by atoms with Gasteiger partial charge in [-0.2, -0.15) is 0 Å². The molecule has 4 aromatic rings. The van der Waals surface area contributed by atoms with E-state index in [0.717, 1.165) is 31.2 Å². The second kappa shape index (κ2) is 14.5. The maximum absolute atomic E-state index is 7.01. The highest BCUT2D eigenvalue weighted by Crippen LogP contribution is 2.48. The van der Waals surface area contributed by atoms with Gasteiger partial charge in [0.15, 0.2) is 0 Å². The molecule has 0 bridgehead atoms. The average Bonchev–Trinajstić information content (AvgIpc) is 2.97. The Morgan fingerprint density at radius 1 is 0.553 bits per heavy atom. The molecule has 38 heavy (non-hydrogen) atoms. The number of ether oxygens (including phenoxy) is 2. The summed E-state index contributed by atoms with van der Waals surface area (Å²) >= 11 is 0. The first-order valence-electron chi connectivity index (χ1n) is 15.0. The van der Waals surface area contributed by atoms with Crippen molar-refractivity contribution in [2.45, 2.75) is 90.3 Å². The van der Waals surface area contributed by atoms with Gasteiger partial charge in [-0.1, -0.05) is 144 Å². The summed E-state index contributed by atoms with van der Waals surface area (Å²) in [5, 5.41) is 5.02. The predicted octanol–water partition coefficient (Wildman–Crippen LogP) is 10.5. The molecule has 0 aliphatic carbocycles. The Labute approximate surface area is 230 Å². The van der Waals surface area contributed by atoms with E-state index in [-0.39, 0.29) is 5.92 Å². The molecule has 2 nitrogen and oxygen atoms in total. The summed E-state index contributed by atoms with van der Waals surface area (Å²) in [6, 6.07) is 30.8. The first kappa shape index (κ1) is 28.3. The summed E-state index contributed by atoms with van der Waals surface area (Å²) < 4.78 is 14.0. The van der Waals surface area contributed by atoms with Crippen LogP contribution in [-0.2, 0) is 15.3 Å². The zero-order valence-corrected chi connectivity index (χ0v) is 23.8. The van der Waals surface area contributed by atoms with E-state index < -0.39 is 5.79 Å². The van der Waals surface area contributed by atoms with E-state index in [0.29, 0.717) is 13.2 Å². The molecule has 0 saturated heterocycles. The lowest BCUT2D eigenvalue weighted by atomic mass is 9.78. The molecular formula is C36H46O2. The molecule has 0 aliphatic rings. The van der Waals surface area contributed by atoms with Crippen LogP contribution in [0.25, 0.3) is 21.5 Å². The largest absolute Gasteiger partial charge is 0.345 e. The lowest BCUT2D eigenvalue weighted by Crippen LogP contribution is -2.41. The van der Waals surface area contributed by atoms with Crippen molar-refractivity contribution in [3.63, 3.8) is 0 Å². The van der Waals surface area contributed by atoms with Crippen molar-refractivity contribution in [3.8, 4) is 0 Å². The van der Waals surface area contributed by atoms with Crippen LogP contribution in [0.1, 0.15) is 95.6 Å². The van der Waals surface area contributed by atoms with Crippen LogP contribution in [0.5, 0.6) is 0 Å². The van der Waals surface area contributed by atoms with Crippen LogP contribution in [0.4, 0.5) is 0 Å². The van der Waals surface area contributed by atoms with Crippen LogP contribution in [0.2, 0.25) is 0 Å². The molecule has 1 atom stereocenters. The van der Waals surface area contributed by atoms with Gasteiger partial charge in [0.2, 0.25) is 5.79 Å². The van der Waals surface area contributed by atoms with Crippen molar-refractivity contribution in [3.05, 3.63) is 96.1 Å². The van der Waals surface area contributed by atoms with Gasteiger partial charge in [-0.15, -0.1) is 0 Å². The Balaban J connectivity index is 1.89. The molecule has 0 radical (unpaired) electrons. The Morgan fingerprint density at radius 2 is 1.11 bits per heavy atom. The SMILES string of the molecule is CCCCCCCCC(c1cccc2ccccc12)C(OCCC)(OCCC)c1cccc2ccccc12. The zero-order chi connectivity index (χ0) is 26.6. The first-order chi connectivity index (χ1) is 18.7. The minimum atomic E-state index is -0.861. The van der Waals surface area contributed by atoms with Gasteiger partial charge in [0.25, 0.3) is 0 Å². The molecule has 0 aromatic heterocycles. The van der Waals surface area contributed by atoms with E-state index in [2.05, 4.69) is 106 Å². The highest BCUT2D eigenvalue weighted by molar-refractivity contribution is 5.88. The highest BCUT2D eigenvalue weighted by Gasteiger charge is 2.45. The van der Waals surface area contributed by atoms with E-state index >= 15 is 0 Å². The summed E-state index contributed by atoms with van der Waals surface area (Å²) in [7, 11) is 0. The van der Waals surface area contributed by atoms with Gasteiger partial charge in [0, 0.05) is 11.5 Å². The smallest absolute Gasteiger partial charge is 0.202 e. The maximum atomic E-state index is 7.01. The molecule has 0 saturated carbocycles. The fourth-order valence-corrected chi connectivity index (χ4v) is 5.86. The molecule has 1 unspecified atom stereocenters. The number of hydrogen-bond acceptors (Lipinski definition) is 2. The van der Waals surface area contributed by atoms with E-state index in [4.69, 9.17) is 9.47 Å². The van der Waals surface area contributed by atoms with Crippen molar-refractivity contribution < 1.29 is 9.47 Å². The summed E-state index contributed by atoms with van der Waals surface area (Å²) in [6.07, 6.45) is 10.5. The quantitative estimate of drug-likeness (QED) is 0.110. The van der Waals surface area contributed by atoms with Crippen molar-refractivity contribution in [2.75, 3.05) is 13.2 Å². The van der Waals surface area contributed by atoms with Crippen LogP contribution in [-0.4, -0.2) is 13.2 Å². The molecule has 0 amide bonds. The van der Waals surface area contributed by atoms with Crippen LogP contribution >= 0.6 is 0 Å². The minimum absolute atomic E-state index is 0.0729. The lowest BCUT2D eigenvalue weighted by molar-refractivity contribution is -0.262. The molecule has 0 spiro atoms. The van der Waals surface area contributed by atoms with E-state index in [1.165, 1.54) is 59.2 Å². The molecular weight excluding hydrogens is 464 g/mol. The van der Waals surface area contributed by atoms with E-state index in [1.54, 1.807) is 0 Å². The minimum Gasteiger partial charge on any atom is -0.345 e. The van der Waals surface area contributed by atoms with Gasteiger partial charge in [0.1, 0.15) is 0 Å². The monoisotopic (exact) mass is 510 g/mol. The topological polar surface area (TPSA) is 18.5 Å². The zero-order valence-electron chi connectivity index (χ0n) is 23.8. The molecule has 4 aromatic carbocycles. The molecule has 0 N–H and O–H groups in total. The second-order valence-electron chi connectivity index (χ2n) is 10.6. The summed E-state index contributed by atoms with van der Waals surface area (Å²) in [5.41, 5.74) is 2.48. The Hall–Kier alpha value is -2.68. The lowest BCUT2D eigenvalue weighted by Gasteiger charge is -2.42. The van der Waals surface area contributed by atoms with Gasteiger partial charge in [-0.05, 0) is 46.4 Å². The average molecular weight is 511 g/mol. The Bertz CT molecular complexity index is 1240. The number of rotatable bonds is 16. The van der Waals surface area contributed by atoms with Crippen molar-refractivity contribution in [1.82, 2.24) is 0 Å². The number of unbranched alkanes of at least 4 members (excludes halogenated alkanes) is 5. The van der Waals surface area contributed by atoms with Crippen LogP contribution in [0.3, 0.4) is 0 Å². The third kappa shape index (κ3) is 6.47. The van der Waals surface area contributed by atoms with E-state index in [1.807, 2.05) is 0 Å². The van der Waals surface area contributed by atoms with Crippen molar-refractivity contribution in [1.29, 1.82) is 0 Å². The van der Waals surface area contributed by atoms with Crippen LogP contribution < -0.4 is 0 Å². The van der Waals surface area contributed by atoms with Crippen LogP contribution in [0, 0.1) is 0 Å². The normalized spacial score (nSPS) is 12.8. The third-order valence-corrected chi connectivity index (χ3v) is 7.71. The maximum Gasteiger partial charge on any atom is 0.202 e. The molecule has 4 rings (SSSR count). The van der Waals surface area contributed by atoms with Gasteiger partial charge >= 0.3 is 0 Å². The van der Waals surface area contributed by atoms with Crippen LogP contribution in [0.15, 0.2) is 84.9 Å². The Morgan fingerprint density at radius 3 is 1.79 bits per heavy atom. The van der Waals surface area contributed by atoms with Crippen molar-refractivity contribution in [2.24, 2.45) is 0 Å². The van der Waals surface area contributed by atoms with Gasteiger partial charge in [-0.25, -0.2) is 0 Å². The standard InChI is InChI=1S/C36H46O2/c1-4-7-8-9-10-11-25-35(33-24-16-20-29-18-12-14-22-31(29)33)36(37-27-5-2,38-28-6-3)34-26-17-21-30-19-13-15-23-32(30)34/h12-24,26,35H,4-11,25,27-28H2,1-3H3. The molecule has 0 fully saturated rings. The van der Waals surface area contributed by atoms with Gasteiger partial charge in [0.05, 0.1) is 13.2 Å². The number of benzene rings is 4.